The fourth-order valence-electron chi connectivity index (χ4n) is 5.03. The number of aryl methyl sites for hydroxylation is 1. The Labute approximate surface area is 213 Å². The van der Waals surface area contributed by atoms with Gasteiger partial charge < -0.3 is 10.2 Å². The largest absolute Gasteiger partial charge is 0.417 e. The average molecular weight is 507 g/mol. The van der Waals surface area contributed by atoms with Crippen LogP contribution in [0.5, 0.6) is 0 Å². The van der Waals surface area contributed by atoms with E-state index in [0.29, 0.717) is 23.7 Å². The molecule has 1 aliphatic rings. The van der Waals surface area contributed by atoms with Crippen molar-refractivity contribution in [3.63, 3.8) is 0 Å². The van der Waals surface area contributed by atoms with Crippen LogP contribution in [0.3, 0.4) is 0 Å². The summed E-state index contributed by atoms with van der Waals surface area (Å²) >= 11 is 0. The van der Waals surface area contributed by atoms with E-state index in [2.05, 4.69) is 51.6 Å². The Kier molecular flexibility index (Phi) is 6.91. The van der Waals surface area contributed by atoms with Gasteiger partial charge in [-0.05, 0) is 60.6 Å². The molecule has 192 valence electrons. The molecule has 1 saturated heterocycles. The number of piperidine rings is 1. The lowest BCUT2D eigenvalue weighted by molar-refractivity contribution is -0.137. The minimum Gasteiger partial charge on any atom is -0.371 e. The normalized spacial score (nSPS) is 14.8. The number of pyridine rings is 1. The Bertz CT molecular complexity index is 1370. The maximum absolute atomic E-state index is 13.2. The zero-order valence-electron chi connectivity index (χ0n) is 20.6. The summed E-state index contributed by atoms with van der Waals surface area (Å²) in [5.74, 6) is 0.141. The third kappa shape index (κ3) is 5.33. The Hall–Kier alpha value is -3.81. The van der Waals surface area contributed by atoms with Crippen LogP contribution in [0.1, 0.15) is 58.6 Å². The van der Waals surface area contributed by atoms with E-state index in [4.69, 9.17) is 0 Å². The van der Waals surface area contributed by atoms with Gasteiger partial charge in [0.25, 0.3) is 5.91 Å². The number of carbonyl (C=O) groups is 1. The molecule has 1 aliphatic heterocycles. The molecular formula is C29H29F3N4O. The number of aromatic nitrogens is 2. The van der Waals surface area contributed by atoms with Crippen molar-refractivity contribution in [3.8, 4) is 0 Å². The van der Waals surface area contributed by atoms with Crippen LogP contribution in [-0.4, -0.2) is 28.4 Å². The van der Waals surface area contributed by atoms with Gasteiger partial charge in [0.2, 0.25) is 0 Å². The standard InChI is InChI=1S/C29H29F3N4O/c1-2-25-27(36-19-23(29(30,31)32)10-13-26(36)34-25)28(37)33-18-20-8-11-24(12-9-20)35-16-14-22(15-17-35)21-6-4-3-5-7-21/h3-13,19,22H,2,14-18H2,1H3,(H,33,37). The summed E-state index contributed by atoms with van der Waals surface area (Å²) in [5.41, 5.74) is 3.57. The lowest BCUT2D eigenvalue weighted by atomic mass is 9.89. The summed E-state index contributed by atoms with van der Waals surface area (Å²) in [6.45, 7) is 4.07. The van der Waals surface area contributed by atoms with Gasteiger partial charge in [-0.1, -0.05) is 49.4 Å². The molecule has 3 heterocycles. The minimum atomic E-state index is -4.50. The van der Waals surface area contributed by atoms with Gasteiger partial charge >= 0.3 is 6.18 Å². The maximum Gasteiger partial charge on any atom is 0.417 e. The van der Waals surface area contributed by atoms with Crippen molar-refractivity contribution >= 4 is 17.2 Å². The van der Waals surface area contributed by atoms with Crippen molar-refractivity contribution in [2.75, 3.05) is 18.0 Å². The topological polar surface area (TPSA) is 49.6 Å². The number of hydrogen-bond acceptors (Lipinski definition) is 3. The zero-order valence-corrected chi connectivity index (χ0v) is 20.6. The molecule has 0 bridgehead atoms. The van der Waals surface area contributed by atoms with Gasteiger partial charge in [-0.25, -0.2) is 4.98 Å². The number of fused-ring (bicyclic) bond motifs is 1. The van der Waals surface area contributed by atoms with Crippen LogP contribution in [0.15, 0.2) is 72.9 Å². The number of halogens is 3. The number of benzene rings is 2. The molecule has 2 aromatic carbocycles. The predicted octanol–water partition coefficient (Wildman–Crippen LogP) is 6.23. The third-order valence-corrected chi connectivity index (χ3v) is 7.09. The van der Waals surface area contributed by atoms with Crippen LogP contribution in [0.2, 0.25) is 0 Å². The highest BCUT2D eigenvalue weighted by atomic mass is 19.4. The number of imidazole rings is 1. The number of rotatable bonds is 6. The van der Waals surface area contributed by atoms with Crippen molar-refractivity contribution < 1.29 is 18.0 Å². The third-order valence-electron chi connectivity index (χ3n) is 7.09. The van der Waals surface area contributed by atoms with E-state index in [1.165, 1.54) is 16.0 Å². The SMILES string of the molecule is CCc1nc2ccc(C(F)(F)F)cn2c1C(=O)NCc1ccc(N2CCC(c3ccccc3)CC2)cc1. The Balaban J connectivity index is 1.23. The highest BCUT2D eigenvalue weighted by Crippen LogP contribution is 2.31. The van der Waals surface area contributed by atoms with Crippen LogP contribution in [0.25, 0.3) is 5.65 Å². The number of nitrogens with zero attached hydrogens (tertiary/aromatic N) is 3. The first-order valence-electron chi connectivity index (χ1n) is 12.6. The van der Waals surface area contributed by atoms with E-state index in [9.17, 15) is 18.0 Å². The second kappa shape index (κ2) is 10.3. The van der Waals surface area contributed by atoms with E-state index < -0.39 is 17.6 Å². The van der Waals surface area contributed by atoms with Crippen LogP contribution in [-0.2, 0) is 19.1 Å². The second-order valence-electron chi connectivity index (χ2n) is 9.43. The Morgan fingerprint density at radius 1 is 1.00 bits per heavy atom. The molecule has 0 saturated carbocycles. The van der Waals surface area contributed by atoms with Gasteiger partial charge in [-0.2, -0.15) is 13.2 Å². The Morgan fingerprint density at radius 3 is 2.35 bits per heavy atom. The second-order valence-corrected chi connectivity index (χ2v) is 9.43. The molecule has 8 heteroatoms. The molecule has 0 radical (unpaired) electrons. The molecule has 5 rings (SSSR count). The van der Waals surface area contributed by atoms with E-state index in [-0.39, 0.29) is 12.2 Å². The first kappa shape index (κ1) is 24.9. The number of hydrogen-bond donors (Lipinski definition) is 1. The highest BCUT2D eigenvalue weighted by molar-refractivity contribution is 5.94. The van der Waals surface area contributed by atoms with Crippen LogP contribution < -0.4 is 10.2 Å². The molecule has 1 N–H and O–H groups in total. The van der Waals surface area contributed by atoms with Crippen molar-refractivity contribution in [2.45, 2.75) is 44.8 Å². The van der Waals surface area contributed by atoms with E-state index >= 15 is 0 Å². The number of carbonyl (C=O) groups excluding carboxylic acids is 1. The number of anilines is 1. The van der Waals surface area contributed by atoms with Gasteiger partial charge in [-0.15, -0.1) is 0 Å². The first-order chi connectivity index (χ1) is 17.8. The van der Waals surface area contributed by atoms with Crippen molar-refractivity contribution in [2.24, 2.45) is 0 Å². The number of amides is 1. The minimum absolute atomic E-state index is 0.140. The predicted molar refractivity (Wildman–Crippen MR) is 138 cm³/mol. The fourth-order valence-corrected chi connectivity index (χ4v) is 5.03. The van der Waals surface area contributed by atoms with Gasteiger partial charge in [0.1, 0.15) is 11.3 Å². The molecule has 0 unspecified atom stereocenters. The first-order valence-corrected chi connectivity index (χ1v) is 12.6. The lowest BCUT2D eigenvalue weighted by Gasteiger charge is -2.34. The summed E-state index contributed by atoms with van der Waals surface area (Å²) in [5, 5.41) is 2.85. The van der Waals surface area contributed by atoms with Gasteiger partial charge in [0.15, 0.2) is 0 Å². The molecule has 0 atom stereocenters. The molecule has 0 aliphatic carbocycles. The molecule has 5 nitrogen and oxygen atoms in total. The number of alkyl halides is 3. The van der Waals surface area contributed by atoms with Crippen LogP contribution >= 0.6 is 0 Å². The smallest absolute Gasteiger partial charge is 0.371 e. The molecular weight excluding hydrogens is 477 g/mol. The van der Waals surface area contributed by atoms with Crippen molar-refractivity contribution in [3.05, 3.63) is 101 Å². The quantitative estimate of drug-likeness (QED) is 0.337. The zero-order chi connectivity index (χ0) is 26.0. The molecule has 37 heavy (non-hydrogen) atoms. The fraction of sp³-hybridized carbons (Fsp3) is 0.310. The number of nitrogens with one attached hydrogen (secondary N) is 1. The molecule has 1 fully saturated rings. The summed E-state index contributed by atoms with van der Waals surface area (Å²) in [4.78, 5) is 19.8. The Morgan fingerprint density at radius 2 is 1.70 bits per heavy atom. The molecule has 4 aromatic rings. The summed E-state index contributed by atoms with van der Waals surface area (Å²) in [7, 11) is 0. The van der Waals surface area contributed by atoms with Crippen molar-refractivity contribution in [1.82, 2.24) is 14.7 Å². The summed E-state index contributed by atoms with van der Waals surface area (Å²) in [6.07, 6.45) is -0.918. The molecule has 0 spiro atoms. The van der Waals surface area contributed by atoms with E-state index in [0.717, 1.165) is 49.4 Å². The van der Waals surface area contributed by atoms with Gasteiger partial charge in [0, 0.05) is 31.5 Å². The van der Waals surface area contributed by atoms with Crippen LogP contribution in [0, 0.1) is 0 Å². The molecule has 1 amide bonds. The van der Waals surface area contributed by atoms with Crippen molar-refractivity contribution in [1.29, 1.82) is 0 Å². The summed E-state index contributed by atoms with van der Waals surface area (Å²) in [6, 6.07) is 21.0. The van der Waals surface area contributed by atoms with Gasteiger partial charge in [-0.3, -0.25) is 9.20 Å². The van der Waals surface area contributed by atoms with Crippen LogP contribution in [0.4, 0.5) is 18.9 Å². The lowest BCUT2D eigenvalue weighted by Crippen LogP contribution is -2.32. The summed E-state index contributed by atoms with van der Waals surface area (Å²) < 4.78 is 40.9. The average Bonchev–Trinajstić information content (AvgIpc) is 3.30. The van der Waals surface area contributed by atoms with E-state index in [1.54, 1.807) is 0 Å². The molecule has 2 aromatic heterocycles. The highest BCUT2D eigenvalue weighted by Gasteiger charge is 2.32. The monoisotopic (exact) mass is 506 g/mol. The van der Waals surface area contributed by atoms with Gasteiger partial charge in [0.05, 0.1) is 11.3 Å². The van der Waals surface area contributed by atoms with E-state index in [1.807, 2.05) is 25.1 Å². The maximum atomic E-state index is 13.2.